The molecule has 1 rings (SSSR count). The average Bonchev–Trinajstić information content (AvgIpc) is 2.35. The monoisotopic (exact) mass is 320 g/mol. The van der Waals surface area contributed by atoms with Crippen LogP contribution in [-0.2, 0) is 27.7 Å². The first-order valence-corrected chi connectivity index (χ1v) is 8.72. The fraction of sp³-hybridized carbons (Fsp3) is 0.786. The van der Waals surface area contributed by atoms with Crippen molar-refractivity contribution in [3.05, 3.63) is 11.3 Å². The fourth-order valence-corrected chi connectivity index (χ4v) is 3.57. The van der Waals surface area contributed by atoms with Crippen LogP contribution in [0.3, 0.4) is 0 Å². The number of carbonyl (C=O) groups excluding carboxylic acids is 1. The molecule has 21 heavy (non-hydrogen) atoms. The number of ether oxygens (including phenoxy) is 1. The second-order valence-corrected chi connectivity index (χ2v) is 6.65. The minimum atomic E-state index is -3.61. The van der Waals surface area contributed by atoms with Crippen molar-refractivity contribution < 1.29 is 27.7 Å². The normalized spacial score (nSPS) is 23.1. The number of carbonyl (C=O) groups is 1. The third-order valence-electron chi connectivity index (χ3n) is 3.34. The SMILES string of the molecule is CCOP(=O)(OCC)OC1=C(C)[C@@H](C)C[C@H](OC(C)=O)C1. The molecular formula is C14H25O6P. The van der Waals surface area contributed by atoms with E-state index in [-0.39, 0.29) is 31.2 Å². The van der Waals surface area contributed by atoms with Gasteiger partial charge in [0.2, 0.25) is 0 Å². The fourth-order valence-electron chi connectivity index (χ4n) is 2.27. The lowest BCUT2D eigenvalue weighted by atomic mass is 9.87. The molecule has 0 amide bonds. The number of hydrogen-bond donors (Lipinski definition) is 0. The van der Waals surface area contributed by atoms with E-state index in [9.17, 15) is 9.36 Å². The molecule has 0 saturated carbocycles. The van der Waals surface area contributed by atoms with Crippen molar-refractivity contribution in [3.8, 4) is 0 Å². The van der Waals surface area contributed by atoms with E-state index in [2.05, 4.69) is 0 Å². The number of allylic oxidation sites excluding steroid dienone is 1. The number of phosphoric acid groups is 1. The molecule has 0 bridgehead atoms. The van der Waals surface area contributed by atoms with Gasteiger partial charge in [0.25, 0.3) is 0 Å². The molecule has 0 saturated heterocycles. The van der Waals surface area contributed by atoms with Crippen molar-refractivity contribution in [3.63, 3.8) is 0 Å². The van der Waals surface area contributed by atoms with Gasteiger partial charge in [-0.1, -0.05) is 6.92 Å². The van der Waals surface area contributed by atoms with Gasteiger partial charge in [-0.15, -0.1) is 0 Å². The number of esters is 1. The molecule has 0 heterocycles. The Morgan fingerprint density at radius 1 is 1.29 bits per heavy atom. The molecule has 6 nitrogen and oxygen atoms in total. The van der Waals surface area contributed by atoms with Crippen LogP contribution in [0.4, 0.5) is 0 Å². The van der Waals surface area contributed by atoms with E-state index in [0.717, 1.165) is 12.0 Å². The van der Waals surface area contributed by atoms with E-state index in [0.29, 0.717) is 12.2 Å². The highest BCUT2D eigenvalue weighted by Gasteiger charge is 2.34. The molecule has 0 radical (unpaired) electrons. The van der Waals surface area contributed by atoms with Gasteiger partial charge in [-0.3, -0.25) is 13.8 Å². The Labute approximate surface area is 126 Å². The molecule has 0 N–H and O–H groups in total. The van der Waals surface area contributed by atoms with Crippen molar-refractivity contribution >= 4 is 13.8 Å². The Morgan fingerprint density at radius 2 is 1.86 bits per heavy atom. The van der Waals surface area contributed by atoms with Gasteiger partial charge in [0.15, 0.2) is 0 Å². The topological polar surface area (TPSA) is 71.1 Å². The zero-order valence-corrected chi connectivity index (χ0v) is 14.3. The van der Waals surface area contributed by atoms with Crippen LogP contribution in [0.15, 0.2) is 11.3 Å². The zero-order chi connectivity index (χ0) is 16.0. The largest absolute Gasteiger partial charge is 0.529 e. The summed E-state index contributed by atoms with van der Waals surface area (Å²) in [6.45, 7) is 9.22. The molecule has 7 heteroatoms. The van der Waals surface area contributed by atoms with Gasteiger partial charge < -0.3 is 9.26 Å². The summed E-state index contributed by atoms with van der Waals surface area (Å²) in [5.74, 6) is 0.379. The molecule has 0 unspecified atom stereocenters. The highest BCUT2D eigenvalue weighted by atomic mass is 31.2. The maximum atomic E-state index is 12.5. The first kappa shape index (κ1) is 18.2. The minimum Gasteiger partial charge on any atom is -0.462 e. The number of rotatable bonds is 7. The Kier molecular flexibility index (Phi) is 6.91. The lowest BCUT2D eigenvalue weighted by molar-refractivity contribution is -0.147. The summed E-state index contributed by atoms with van der Waals surface area (Å²) in [4.78, 5) is 11.1. The van der Waals surface area contributed by atoms with Gasteiger partial charge in [0.1, 0.15) is 11.9 Å². The molecule has 122 valence electrons. The van der Waals surface area contributed by atoms with Gasteiger partial charge in [-0.05, 0) is 38.7 Å². The van der Waals surface area contributed by atoms with Crippen LogP contribution in [0.2, 0.25) is 0 Å². The summed E-state index contributed by atoms with van der Waals surface area (Å²) in [7, 11) is -3.61. The molecule has 1 aliphatic carbocycles. The molecule has 0 fully saturated rings. The quantitative estimate of drug-likeness (QED) is 0.524. The third kappa shape index (κ3) is 5.46. The van der Waals surface area contributed by atoms with E-state index in [1.54, 1.807) is 13.8 Å². The Balaban J connectivity index is 2.89. The third-order valence-corrected chi connectivity index (χ3v) is 4.93. The molecule has 0 aromatic rings. The molecule has 0 aliphatic heterocycles. The first-order chi connectivity index (χ1) is 9.81. The zero-order valence-electron chi connectivity index (χ0n) is 13.4. The summed E-state index contributed by atoms with van der Waals surface area (Å²) in [6, 6.07) is 0. The van der Waals surface area contributed by atoms with E-state index in [1.807, 2.05) is 13.8 Å². The van der Waals surface area contributed by atoms with Crippen molar-refractivity contribution in [1.82, 2.24) is 0 Å². The van der Waals surface area contributed by atoms with E-state index in [1.165, 1.54) is 6.92 Å². The van der Waals surface area contributed by atoms with Gasteiger partial charge in [-0.25, -0.2) is 4.57 Å². The first-order valence-electron chi connectivity index (χ1n) is 7.26. The predicted molar refractivity (Wildman–Crippen MR) is 78.6 cm³/mol. The van der Waals surface area contributed by atoms with Gasteiger partial charge in [0.05, 0.1) is 13.2 Å². The summed E-state index contributed by atoms with van der Waals surface area (Å²) in [6.07, 6.45) is 0.846. The molecule has 0 aromatic carbocycles. The number of phosphoric ester groups is 1. The maximum Gasteiger partial charge on any atom is 0.529 e. The smallest absolute Gasteiger partial charge is 0.462 e. The molecule has 0 spiro atoms. The minimum absolute atomic E-state index is 0.176. The number of hydrogen-bond acceptors (Lipinski definition) is 6. The second kappa shape index (κ2) is 7.97. The van der Waals surface area contributed by atoms with Crippen molar-refractivity contribution in [2.45, 2.75) is 53.6 Å². The highest BCUT2D eigenvalue weighted by Crippen LogP contribution is 2.53. The van der Waals surface area contributed by atoms with Crippen LogP contribution in [0.5, 0.6) is 0 Å². The van der Waals surface area contributed by atoms with Crippen LogP contribution < -0.4 is 0 Å². The van der Waals surface area contributed by atoms with Gasteiger partial charge in [-0.2, -0.15) is 0 Å². The van der Waals surface area contributed by atoms with Crippen LogP contribution in [0.1, 0.15) is 47.5 Å². The van der Waals surface area contributed by atoms with Crippen LogP contribution in [0, 0.1) is 5.92 Å². The van der Waals surface area contributed by atoms with Crippen LogP contribution in [-0.4, -0.2) is 25.3 Å². The average molecular weight is 320 g/mol. The van der Waals surface area contributed by atoms with Crippen molar-refractivity contribution in [1.29, 1.82) is 0 Å². The lowest BCUT2D eigenvalue weighted by Crippen LogP contribution is -2.26. The Bertz CT molecular complexity index is 435. The van der Waals surface area contributed by atoms with Gasteiger partial charge >= 0.3 is 13.8 Å². The van der Waals surface area contributed by atoms with Crippen LogP contribution >= 0.6 is 7.82 Å². The lowest BCUT2D eigenvalue weighted by Gasteiger charge is -2.31. The summed E-state index contributed by atoms with van der Waals surface area (Å²) < 4.78 is 33.5. The Morgan fingerprint density at radius 3 is 2.33 bits per heavy atom. The van der Waals surface area contributed by atoms with Crippen LogP contribution in [0.25, 0.3) is 0 Å². The summed E-state index contributed by atoms with van der Waals surface area (Å²) >= 11 is 0. The van der Waals surface area contributed by atoms with Crippen molar-refractivity contribution in [2.24, 2.45) is 5.92 Å². The predicted octanol–water partition coefficient (Wildman–Crippen LogP) is 3.82. The molecule has 2 atom stereocenters. The molecule has 1 aliphatic rings. The second-order valence-electron chi connectivity index (χ2n) is 5.05. The van der Waals surface area contributed by atoms with Gasteiger partial charge in [0, 0.05) is 13.3 Å². The molecule has 0 aromatic heterocycles. The summed E-state index contributed by atoms with van der Waals surface area (Å²) in [5.41, 5.74) is 0.984. The highest BCUT2D eigenvalue weighted by molar-refractivity contribution is 7.48. The van der Waals surface area contributed by atoms with E-state index in [4.69, 9.17) is 18.3 Å². The molecular weight excluding hydrogens is 295 g/mol. The van der Waals surface area contributed by atoms with E-state index < -0.39 is 7.82 Å². The van der Waals surface area contributed by atoms with Crippen molar-refractivity contribution in [2.75, 3.05) is 13.2 Å². The van der Waals surface area contributed by atoms with E-state index >= 15 is 0 Å². The standard InChI is InChI=1S/C14H25O6P/c1-6-17-21(16,18-7-2)20-14-9-13(19-12(5)15)8-10(3)11(14)4/h10,13H,6-9H2,1-5H3/t10-,13-/m0/s1. The maximum absolute atomic E-state index is 12.5. The summed E-state index contributed by atoms with van der Waals surface area (Å²) in [5, 5.41) is 0. The Hall–Kier alpha value is -0.840.